The normalized spacial score (nSPS) is 11.1. The summed E-state index contributed by atoms with van der Waals surface area (Å²) in [5.74, 6) is 0.198. The molecule has 0 radical (unpaired) electrons. The van der Waals surface area contributed by atoms with Gasteiger partial charge in [-0.15, -0.1) is 0 Å². The highest BCUT2D eigenvalue weighted by Gasteiger charge is 2.13. The second-order valence-electron chi connectivity index (χ2n) is 7.51. The van der Waals surface area contributed by atoms with Gasteiger partial charge in [0.1, 0.15) is 24.0 Å². The van der Waals surface area contributed by atoms with Gasteiger partial charge in [0, 0.05) is 5.69 Å². The largest absolute Gasteiger partial charge is 0.487 e. The van der Waals surface area contributed by atoms with Crippen molar-refractivity contribution in [2.75, 3.05) is 5.32 Å². The third-order valence-electron chi connectivity index (χ3n) is 4.97. The number of amides is 1. The maximum absolute atomic E-state index is 12.6. The van der Waals surface area contributed by atoms with Gasteiger partial charge in [-0.25, -0.2) is 0 Å². The molecule has 0 saturated heterocycles. The molecular formula is C26H22Br2N2O2. The molecule has 0 spiro atoms. The van der Waals surface area contributed by atoms with Gasteiger partial charge in [-0.1, -0.05) is 35.9 Å². The van der Waals surface area contributed by atoms with Gasteiger partial charge >= 0.3 is 0 Å². The molecule has 0 fully saturated rings. The molecule has 0 atom stereocenters. The quantitative estimate of drug-likeness (QED) is 0.258. The number of nitrogens with one attached hydrogen (secondary N) is 1. The summed E-state index contributed by atoms with van der Waals surface area (Å²) in [5.41, 5.74) is 5.82. The van der Waals surface area contributed by atoms with Crippen molar-refractivity contribution in [3.8, 4) is 11.8 Å². The Morgan fingerprint density at radius 1 is 1.00 bits per heavy atom. The van der Waals surface area contributed by atoms with Crippen LogP contribution in [-0.4, -0.2) is 5.91 Å². The average Bonchev–Trinajstić information content (AvgIpc) is 2.75. The molecule has 0 saturated carbocycles. The molecule has 1 N–H and O–H groups in total. The van der Waals surface area contributed by atoms with Crippen LogP contribution in [0.2, 0.25) is 0 Å². The van der Waals surface area contributed by atoms with E-state index < -0.39 is 5.91 Å². The summed E-state index contributed by atoms with van der Waals surface area (Å²) < 4.78 is 7.41. The zero-order valence-corrected chi connectivity index (χ0v) is 21.2. The van der Waals surface area contributed by atoms with Gasteiger partial charge in [0.15, 0.2) is 0 Å². The molecule has 162 valence electrons. The first kappa shape index (κ1) is 23.8. The smallest absolute Gasteiger partial charge is 0.266 e. The van der Waals surface area contributed by atoms with Gasteiger partial charge in [0.05, 0.1) is 8.95 Å². The zero-order valence-electron chi connectivity index (χ0n) is 18.0. The Morgan fingerprint density at radius 3 is 2.25 bits per heavy atom. The van der Waals surface area contributed by atoms with Gasteiger partial charge in [-0.05, 0) is 105 Å². The molecule has 0 bridgehead atoms. The lowest BCUT2D eigenvalue weighted by molar-refractivity contribution is -0.112. The van der Waals surface area contributed by atoms with E-state index in [-0.39, 0.29) is 5.57 Å². The van der Waals surface area contributed by atoms with Crippen molar-refractivity contribution in [1.82, 2.24) is 0 Å². The van der Waals surface area contributed by atoms with E-state index in [4.69, 9.17) is 4.74 Å². The van der Waals surface area contributed by atoms with Crippen molar-refractivity contribution in [2.45, 2.75) is 27.4 Å². The molecule has 32 heavy (non-hydrogen) atoms. The Bertz CT molecular complexity index is 1200. The van der Waals surface area contributed by atoms with Gasteiger partial charge in [0.2, 0.25) is 0 Å². The van der Waals surface area contributed by atoms with Crippen molar-refractivity contribution < 1.29 is 9.53 Å². The van der Waals surface area contributed by atoms with Crippen LogP contribution in [0.25, 0.3) is 6.08 Å². The van der Waals surface area contributed by atoms with Gasteiger partial charge in [-0.2, -0.15) is 5.26 Å². The molecule has 3 aromatic carbocycles. The molecule has 0 aromatic heterocycles. The highest BCUT2D eigenvalue weighted by molar-refractivity contribution is 9.11. The average molecular weight is 554 g/mol. The monoisotopic (exact) mass is 552 g/mol. The van der Waals surface area contributed by atoms with E-state index in [9.17, 15) is 10.1 Å². The highest BCUT2D eigenvalue weighted by Crippen LogP contribution is 2.36. The molecule has 0 unspecified atom stereocenters. The van der Waals surface area contributed by atoms with E-state index in [1.807, 2.05) is 81.4 Å². The minimum Gasteiger partial charge on any atom is -0.487 e. The summed E-state index contributed by atoms with van der Waals surface area (Å²) in [5, 5.41) is 12.3. The van der Waals surface area contributed by atoms with Crippen molar-refractivity contribution in [1.29, 1.82) is 5.26 Å². The Balaban J connectivity index is 1.77. The number of aryl methyl sites for hydroxylation is 3. The lowest BCUT2D eigenvalue weighted by Gasteiger charge is -2.12. The molecular weight excluding hydrogens is 532 g/mol. The van der Waals surface area contributed by atoms with Crippen LogP contribution in [0, 0.1) is 32.1 Å². The molecule has 1 amide bonds. The van der Waals surface area contributed by atoms with Crippen LogP contribution in [-0.2, 0) is 11.4 Å². The maximum Gasteiger partial charge on any atom is 0.266 e. The summed E-state index contributed by atoms with van der Waals surface area (Å²) in [7, 11) is 0. The van der Waals surface area contributed by atoms with Crippen molar-refractivity contribution in [2.24, 2.45) is 0 Å². The lowest BCUT2D eigenvalue weighted by Crippen LogP contribution is -2.13. The number of ether oxygens (including phenoxy) is 1. The predicted octanol–water partition coefficient (Wildman–Crippen LogP) is 7.26. The summed E-state index contributed by atoms with van der Waals surface area (Å²) in [6, 6.07) is 19.4. The van der Waals surface area contributed by atoms with Crippen LogP contribution in [0.5, 0.6) is 5.75 Å². The summed E-state index contributed by atoms with van der Waals surface area (Å²) in [4.78, 5) is 12.6. The van der Waals surface area contributed by atoms with Crippen LogP contribution in [0.3, 0.4) is 0 Å². The second-order valence-corrected chi connectivity index (χ2v) is 9.22. The van der Waals surface area contributed by atoms with Gasteiger partial charge < -0.3 is 10.1 Å². The Hall–Kier alpha value is -2.88. The Labute approximate surface area is 205 Å². The molecule has 4 nitrogen and oxygen atoms in total. The first-order chi connectivity index (χ1) is 15.3. The third kappa shape index (κ3) is 6.09. The van der Waals surface area contributed by atoms with Crippen LogP contribution in [0.1, 0.15) is 27.8 Å². The molecule has 0 aliphatic heterocycles. The van der Waals surface area contributed by atoms with E-state index in [1.165, 1.54) is 5.56 Å². The number of carbonyl (C=O) groups excluding carboxylic acids is 1. The Morgan fingerprint density at radius 2 is 1.66 bits per heavy atom. The second kappa shape index (κ2) is 10.6. The highest BCUT2D eigenvalue weighted by atomic mass is 79.9. The number of benzene rings is 3. The number of carbonyl (C=O) groups is 1. The number of nitriles is 1. The van der Waals surface area contributed by atoms with Crippen molar-refractivity contribution in [3.05, 3.63) is 96.9 Å². The summed E-state index contributed by atoms with van der Waals surface area (Å²) in [6.45, 7) is 6.45. The summed E-state index contributed by atoms with van der Waals surface area (Å²) in [6.07, 6.45) is 1.55. The minimum absolute atomic E-state index is 0.00959. The first-order valence-electron chi connectivity index (χ1n) is 9.94. The minimum atomic E-state index is -0.456. The zero-order chi connectivity index (χ0) is 23.3. The van der Waals surface area contributed by atoms with E-state index >= 15 is 0 Å². The number of hydrogen-bond acceptors (Lipinski definition) is 3. The molecule has 3 rings (SSSR count). The number of halogens is 2. The molecule has 0 heterocycles. The number of hydrogen-bond donors (Lipinski definition) is 1. The van der Waals surface area contributed by atoms with Crippen molar-refractivity contribution >= 4 is 49.5 Å². The number of anilines is 1. The Kier molecular flexibility index (Phi) is 7.89. The third-order valence-corrected chi connectivity index (χ3v) is 6.14. The molecule has 3 aromatic rings. The van der Waals surface area contributed by atoms with Gasteiger partial charge in [-0.3, -0.25) is 4.79 Å². The molecule has 0 aliphatic rings. The van der Waals surface area contributed by atoms with Crippen LogP contribution in [0.4, 0.5) is 5.69 Å². The number of rotatable bonds is 6. The van der Waals surface area contributed by atoms with E-state index in [1.54, 1.807) is 6.08 Å². The lowest BCUT2D eigenvalue weighted by atomic mass is 10.1. The fraction of sp³-hybridized carbons (Fsp3) is 0.154. The van der Waals surface area contributed by atoms with Crippen LogP contribution >= 0.6 is 31.9 Å². The molecule has 0 aliphatic carbocycles. The van der Waals surface area contributed by atoms with E-state index in [0.29, 0.717) is 23.6 Å². The van der Waals surface area contributed by atoms with Crippen LogP contribution < -0.4 is 10.1 Å². The standard InChI is InChI=1S/C26H22Br2N2O2/c1-16-4-7-19(8-5-16)15-32-25-23(27)12-20(13-24(25)28)11-21(14-29)26(31)30-22-9-6-17(2)18(3)10-22/h4-13H,15H2,1-3H3,(H,30,31)/b21-11+. The SMILES string of the molecule is Cc1ccc(COc2c(Br)cc(/C=C(\C#N)C(=O)Nc3ccc(C)c(C)c3)cc2Br)cc1. The summed E-state index contributed by atoms with van der Waals surface area (Å²) >= 11 is 7.07. The first-order valence-corrected chi connectivity index (χ1v) is 11.5. The fourth-order valence-electron chi connectivity index (χ4n) is 2.97. The van der Waals surface area contributed by atoms with Crippen molar-refractivity contribution in [3.63, 3.8) is 0 Å². The fourth-order valence-corrected chi connectivity index (χ4v) is 4.42. The predicted molar refractivity (Wildman–Crippen MR) is 135 cm³/mol. The van der Waals surface area contributed by atoms with E-state index in [2.05, 4.69) is 37.2 Å². The van der Waals surface area contributed by atoms with Gasteiger partial charge in [0.25, 0.3) is 5.91 Å². The van der Waals surface area contributed by atoms with E-state index in [0.717, 1.165) is 25.6 Å². The van der Waals surface area contributed by atoms with Crippen LogP contribution in [0.15, 0.2) is 69.1 Å². The number of nitrogens with zero attached hydrogens (tertiary/aromatic N) is 1. The topological polar surface area (TPSA) is 62.1 Å². The maximum atomic E-state index is 12.6. The molecule has 6 heteroatoms.